The van der Waals surface area contributed by atoms with E-state index in [1.54, 1.807) is 0 Å². The Labute approximate surface area is 125 Å². The molecule has 6 nitrogen and oxygen atoms in total. The third kappa shape index (κ3) is 3.08. The Kier molecular flexibility index (Phi) is 4.64. The molecule has 1 aliphatic rings. The molecule has 1 saturated heterocycles. The number of carbonyl (C=O) groups is 1. The van der Waals surface area contributed by atoms with E-state index in [4.69, 9.17) is 27.3 Å². The Bertz CT molecular complexity index is 574. The lowest BCUT2D eigenvalue weighted by atomic mass is 9.78. The van der Waals surface area contributed by atoms with Gasteiger partial charge in [-0.05, 0) is 31.0 Å². The number of nitrogens with two attached hydrogens (primary N) is 1. The van der Waals surface area contributed by atoms with Crippen molar-refractivity contribution in [3.8, 4) is 0 Å². The second-order valence-electron chi connectivity index (χ2n) is 4.76. The average Bonchev–Trinajstić information content (AvgIpc) is 2.50. The number of carbonyl (C=O) groups excluding carboxylic acids is 1. The number of anilines is 1. The first-order valence-electron chi connectivity index (χ1n) is 6.32. The lowest BCUT2D eigenvalue weighted by molar-refractivity contribution is -0.126. The highest BCUT2D eigenvalue weighted by molar-refractivity contribution is 6.31. The second kappa shape index (κ2) is 6.28. The van der Waals surface area contributed by atoms with Gasteiger partial charge in [0.15, 0.2) is 5.84 Å². The van der Waals surface area contributed by atoms with Crippen molar-refractivity contribution in [2.24, 2.45) is 16.3 Å². The van der Waals surface area contributed by atoms with Crippen molar-refractivity contribution in [3.05, 3.63) is 29.0 Å². The van der Waals surface area contributed by atoms with Crippen molar-refractivity contribution in [3.63, 3.8) is 0 Å². The van der Waals surface area contributed by atoms with E-state index in [2.05, 4.69) is 10.5 Å². The van der Waals surface area contributed by atoms with Crippen LogP contribution in [0.15, 0.2) is 23.4 Å². The molecule has 1 heterocycles. The van der Waals surface area contributed by atoms with Crippen molar-refractivity contribution in [1.82, 2.24) is 0 Å². The molecule has 8 heteroatoms. The van der Waals surface area contributed by atoms with Crippen LogP contribution in [0.1, 0.15) is 12.8 Å². The highest BCUT2D eigenvalue weighted by Crippen LogP contribution is 2.33. The lowest BCUT2D eigenvalue weighted by Crippen LogP contribution is -2.50. The number of benzene rings is 1. The number of amides is 1. The normalized spacial score (nSPS) is 18.3. The SMILES string of the molecule is NC(=NO)C1(C(=O)Nc2cc(Cl)ccc2F)CCOCC1. The molecule has 1 aliphatic heterocycles. The van der Waals surface area contributed by atoms with Crippen LogP contribution in [0, 0.1) is 11.2 Å². The van der Waals surface area contributed by atoms with Crippen LogP contribution >= 0.6 is 11.6 Å². The van der Waals surface area contributed by atoms with Gasteiger partial charge in [-0.3, -0.25) is 4.79 Å². The van der Waals surface area contributed by atoms with Crippen molar-refractivity contribution < 1.29 is 19.1 Å². The summed E-state index contributed by atoms with van der Waals surface area (Å²) in [6.45, 7) is 0.587. The topological polar surface area (TPSA) is 96.9 Å². The highest BCUT2D eigenvalue weighted by Gasteiger charge is 2.44. The zero-order valence-electron chi connectivity index (χ0n) is 11.1. The number of ether oxygens (including phenoxy) is 1. The minimum absolute atomic E-state index is 0.0518. The standard InChI is InChI=1S/C13H15ClFN3O3/c14-8-1-2-9(15)10(7-8)17-12(19)13(11(16)18-20)3-5-21-6-4-13/h1-2,7,20H,3-6H2,(H2,16,18)(H,17,19). The summed E-state index contributed by atoms with van der Waals surface area (Å²) in [5.74, 6) is -1.39. The Hall–Kier alpha value is -1.86. The first-order valence-corrected chi connectivity index (χ1v) is 6.69. The molecule has 0 unspecified atom stereocenters. The first kappa shape index (κ1) is 15.5. The number of amidine groups is 1. The zero-order chi connectivity index (χ0) is 15.5. The smallest absolute Gasteiger partial charge is 0.238 e. The van der Waals surface area contributed by atoms with E-state index in [-0.39, 0.29) is 29.4 Å². The predicted octanol–water partition coefficient (Wildman–Crippen LogP) is 1.96. The van der Waals surface area contributed by atoms with Crippen LogP contribution in [0.25, 0.3) is 0 Å². The monoisotopic (exact) mass is 315 g/mol. The summed E-state index contributed by atoms with van der Waals surface area (Å²) in [5, 5.41) is 14.6. The number of hydrogen-bond donors (Lipinski definition) is 3. The van der Waals surface area contributed by atoms with Gasteiger partial charge in [-0.25, -0.2) is 4.39 Å². The predicted molar refractivity (Wildman–Crippen MR) is 75.9 cm³/mol. The quantitative estimate of drug-likeness (QED) is 0.344. The molecule has 0 aromatic heterocycles. The molecule has 4 N–H and O–H groups in total. The largest absolute Gasteiger partial charge is 0.409 e. The van der Waals surface area contributed by atoms with E-state index in [0.29, 0.717) is 13.2 Å². The molecule has 114 valence electrons. The van der Waals surface area contributed by atoms with E-state index in [0.717, 1.165) is 6.07 Å². The summed E-state index contributed by atoms with van der Waals surface area (Å²) in [7, 11) is 0. The van der Waals surface area contributed by atoms with Gasteiger partial charge in [0.05, 0.1) is 5.69 Å². The van der Waals surface area contributed by atoms with E-state index in [1.165, 1.54) is 12.1 Å². The van der Waals surface area contributed by atoms with Gasteiger partial charge in [0.1, 0.15) is 11.2 Å². The number of oxime groups is 1. The van der Waals surface area contributed by atoms with Crippen molar-refractivity contribution >= 4 is 29.0 Å². The summed E-state index contributed by atoms with van der Waals surface area (Å²) in [6.07, 6.45) is 0.494. The van der Waals surface area contributed by atoms with Gasteiger partial charge < -0.3 is 21.0 Å². The van der Waals surface area contributed by atoms with Gasteiger partial charge in [-0.2, -0.15) is 0 Å². The second-order valence-corrected chi connectivity index (χ2v) is 5.19. The average molecular weight is 316 g/mol. The molecule has 0 atom stereocenters. The number of halogens is 2. The van der Waals surface area contributed by atoms with E-state index < -0.39 is 17.1 Å². The molecule has 1 aromatic rings. The molecule has 0 spiro atoms. The fourth-order valence-corrected chi connectivity index (χ4v) is 2.42. The highest BCUT2D eigenvalue weighted by atomic mass is 35.5. The fraction of sp³-hybridized carbons (Fsp3) is 0.385. The Balaban J connectivity index is 2.29. The number of nitrogens with one attached hydrogen (secondary N) is 1. The van der Waals surface area contributed by atoms with E-state index in [1.807, 2.05) is 0 Å². The van der Waals surface area contributed by atoms with Gasteiger partial charge >= 0.3 is 0 Å². The third-order valence-electron chi connectivity index (χ3n) is 3.56. The maximum atomic E-state index is 13.7. The third-order valence-corrected chi connectivity index (χ3v) is 3.79. The Morgan fingerprint density at radius 3 is 2.76 bits per heavy atom. The molecular weight excluding hydrogens is 301 g/mol. The molecule has 1 amide bonds. The van der Waals surface area contributed by atoms with Crippen molar-refractivity contribution in [1.29, 1.82) is 0 Å². The fourth-order valence-electron chi connectivity index (χ4n) is 2.25. The summed E-state index contributed by atoms with van der Waals surface area (Å²) in [5.41, 5.74) is 4.40. The van der Waals surface area contributed by atoms with Gasteiger partial charge in [0.2, 0.25) is 5.91 Å². The number of rotatable bonds is 3. The molecule has 1 fully saturated rings. The number of hydrogen-bond acceptors (Lipinski definition) is 4. The van der Waals surface area contributed by atoms with Crippen LogP contribution < -0.4 is 11.1 Å². The summed E-state index contributed by atoms with van der Waals surface area (Å²) in [4.78, 5) is 12.5. The Morgan fingerprint density at radius 2 is 2.14 bits per heavy atom. The molecule has 0 bridgehead atoms. The molecule has 2 rings (SSSR count). The van der Waals surface area contributed by atoms with Crippen LogP contribution in [0.2, 0.25) is 5.02 Å². The van der Waals surface area contributed by atoms with E-state index in [9.17, 15) is 9.18 Å². The maximum Gasteiger partial charge on any atom is 0.238 e. The van der Waals surface area contributed by atoms with E-state index >= 15 is 0 Å². The van der Waals surface area contributed by atoms with Crippen molar-refractivity contribution in [2.75, 3.05) is 18.5 Å². The molecular formula is C13H15ClFN3O3. The van der Waals surface area contributed by atoms with Crippen LogP contribution in [0.5, 0.6) is 0 Å². The molecule has 21 heavy (non-hydrogen) atoms. The summed E-state index contributed by atoms with van der Waals surface area (Å²) >= 11 is 5.78. The van der Waals surface area contributed by atoms with Crippen LogP contribution in [-0.4, -0.2) is 30.2 Å². The first-order chi connectivity index (χ1) is 9.99. The molecule has 0 radical (unpaired) electrons. The van der Waals surface area contributed by atoms with Gasteiger partial charge in [0, 0.05) is 18.2 Å². The Morgan fingerprint density at radius 1 is 1.48 bits per heavy atom. The zero-order valence-corrected chi connectivity index (χ0v) is 11.9. The lowest BCUT2D eigenvalue weighted by Gasteiger charge is -2.34. The molecule has 0 aliphatic carbocycles. The van der Waals surface area contributed by atoms with Gasteiger partial charge in [-0.1, -0.05) is 16.8 Å². The van der Waals surface area contributed by atoms with Crippen LogP contribution in [-0.2, 0) is 9.53 Å². The summed E-state index contributed by atoms with van der Waals surface area (Å²) < 4.78 is 18.9. The van der Waals surface area contributed by atoms with Gasteiger partial charge in [-0.15, -0.1) is 0 Å². The van der Waals surface area contributed by atoms with Crippen LogP contribution in [0.4, 0.5) is 10.1 Å². The van der Waals surface area contributed by atoms with Crippen molar-refractivity contribution in [2.45, 2.75) is 12.8 Å². The molecule has 1 aromatic carbocycles. The minimum Gasteiger partial charge on any atom is -0.409 e. The maximum absolute atomic E-state index is 13.7. The number of nitrogens with zero attached hydrogens (tertiary/aromatic N) is 1. The van der Waals surface area contributed by atoms with Gasteiger partial charge in [0.25, 0.3) is 0 Å². The van der Waals surface area contributed by atoms with Crippen LogP contribution in [0.3, 0.4) is 0 Å². The summed E-state index contributed by atoms with van der Waals surface area (Å²) in [6, 6.07) is 3.83. The minimum atomic E-state index is -1.22. The molecule has 0 saturated carbocycles.